The maximum absolute atomic E-state index is 13.2. The molecule has 1 atom stereocenters. The Labute approximate surface area is 215 Å². The van der Waals surface area contributed by atoms with E-state index in [1.165, 1.54) is 5.69 Å². The highest BCUT2D eigenvalue weighted by Crippen LogP contribution is 2.34. The van der Waals surface area contributed by atoms with Crippen LogP contribution in [0.25, 0.3) is 16.9 Å². The van der Waals surface area contributed by atoms with Gasteiger partial charge in [0.2, 0.25) is 5.91 Å². The van der Waals surface area contributed by atoms with E-state index in [1.807, 2.05) is 64.2 Å². The lowest BCUT2D eigenvalue weighted by Gasteiger charge is -2.27. The molecule has 0 aliphatic carbocycles. The zero-order valence-electron chi connectivity index (χ0n) is 20.8. The highest BCUT2D eigenvalue weighted by atomic mass is 16.5. The predicted molar refractivity (Wildman–Crippen MR) is 139 cm³/mol. The molecular formula is C29H29N5O3. The molecule has 0 N–H and O–H groups in total. The van der Waals surface area contributed by atoms with Crippen LogP contribution in [0.5, 0.6) is 0 Å². The number of ketones is 1. The van der Waals surface area contributed by atoms with Crippen molar-refractivity contribution in [3.8, 4) is 16.9 Å². The molecule has 37 heavy (non-hydrogen) atoms. The van der Waals surface area contributed by atoms with Gasteiger partial charge in [-0.05, 0) is 30.2 Å². The van der Waals surface area contributed by atoms with E-state index in [4.69, 9.17) is 9.84 Å². The summed E-state index contributed by atoms with van der Waals surface area (Å²) >= 11 is 0. The largest absolute Gasteiger partial charge is 0.379 e. The third kappa shape index (κ3) is 4.60. The van der Waals surface area contributed by atoms with Crippen LogP contribution in [0.15, 0.2) is 67.3 Å². The molecule has 2 aromatic heterocycles. The molecule has 188 valence electrons. The minimum absolute atomic E-state index is 0.0556. The van der Waals surface area contributed by atoms with E-state index in [2.05, 4.69) is 9.67 Å². The van der Waals surface area contributed by atoms with E-state index >= 15 is 0 Å². The molecule has 2 aliphatic rings. The molecule has 4 aromatic rings. The number of Topliss-reactive ketones (excluding diaryl/α,β-unsaturated/α-hetero) is 1. The Morgan fingerprint density at radius 1 is 1.14 bits per heavy atom. The number of nitrogens with zero attached hydrogens (tertiary/aromatic N) is 5. The van der Waals surface area contributed by atoms with Crippen LogP contribution < -0.4 is 0 Å². The quantitative estimate of drug-likeness (QED) is 0.377. The van der Waals surface area contributed by atoms with E-state index in [9.17, 15) is 9.59 Å². The Morgan fingerprint density at radius 3 is 2.73 bits per heavy atom. The molecule has 0 spiro atoms. The Morgan fingerprint density at radius 2 is 2.00 bits per heavy atom. The Balaban J connectivity index is 1.28. The summed E-state index contributed by atoms with van der Waals surface area (Å²) in [6.07, 6.45) is 7.40. The van der Waals surface area contributed by atoms with Crippen molar-refractivity contribution in [2.24, 2.45) is 0 Å². The molecule has 2 aromatic carbocycles. The summed E-state index contributed by atoms with van der Waals surface area (Å²) in [7, 11) is 0. The van der Waals surface area contributed by atoms with Gasteiger partial charge in [-0.1, -0.05) is 30.3 Å². The van der Waals surface area contributed by atoms with Gasteiger partial charge in [0.15, 0.2) is 5.78 Å². The van der Waals surface area contributed by atoms with Crippen molar-refractivity contribution >= 4 is 11.7 Å². The van der Waals surface area contributed by atoms with Crippen LogP contribution in [0.3, 0.4) is 0 Å². The van der Waals surface area contributed by atoms with E-state index in [-0.39, 0.29) is 17.7 Å². The number of amides is 1. The van der Waals surface area contributed by atoms with Gasteiger partial charge in [0.05, 0.1) is 24.7 Å². The summed E-state index contributed by atoms with van der Waals surface area (Å²) in [6, 6.07) is 15.9. The lowest BCUT2D eigenvalue weighted by Crippen LogP contribution is -2.35. The molecular weight excluding hydrogens is 466 g/mol. The first-order valence-corrected chi connectivity index (χ1v) is 12.7. The van der Waals surface area contributed by atoms with Gasteiger partial charge in [-0.2, -0.15) is 5.10 Å². The zero-order valence-corrected chi connectivity index (χ0v) is 20.8. The van der Waals surface area contributed by atoms with Crippen molar-refractivity contribution in [1.29, 1.82) is 0 Å². The van der Waals surface area contributed by atoms with E-state index < -0.39 is 0 Å². The number of hydrogen-bond acceptors (Lipinski definition) is 5. The molecule has 8 nitrogen and oxygen atoms in total. The third-order valence-electron chi connectivity index (χ3n) is 7.34. The number of ether oxygens (including phenoxy) is 1. The van der Waals surface area contributed by atoms with Crippen LogP contribution in [0.4, 0.5) is 0 Å². The van der Waals surface area contributed by atoms with E-state index in [0.717, 1.165) is 47.5 Å². The monoisotopic (exact) mass is 495 g/mol. The maximum atomic E-state index is 13.2. The summed E-state index contributed by atoms with van der Waals surface area (Å²) in [5, 5.41) is 5.04. The lowest BCUT2D eigenvalue weighted by atomic mass is 9.97. The number of rotatable bonds is 6. The van der Waals surface area contributed by atoms with Crippen LogP contribution in [-0.4, -0.2) is 55.7 Å². The minimum Gasteiger partial charge on any atom is -0.379 e. The minimum atomic E-state index is 0.0556. The lowest BCUT2D eigenvalue weighted by molar-refractivity contribution is -0.129. The van der Waals surface area contributed by atoms with Crippen molar-refractivity contribution in [2.75, 3.05) is 19.8 Å². The van der Waals surface area contributed by atoms with Gasteiger partial charge in [-0.25, -0.2) is 4.98 Å². The van der Waals surface area contributed by atoms with Crippen LogP contribution in [0.2, 0.25) is 0 Å². The van der Waals surface area contributed by atoms with Gasteiger partial charge < -0.3 is 14.2 Å². The third-order valence-corrected chi connectivity index (χ3v) is 7.34. The zero-order chi connectivity index (χ0) is 25.4. The van der Waals surface area contributed by atoms with Gasteiger partial charge in [-0.3, -0.25) is 14.3 Å². The second-order valence-corrected chi connectivity index (χ2v) is 9.74. The van der Waals surface area contributed by atoms with Crippen molar-refractivity contribution in [1.82, 2.24) is 24.2 Å². The summed E-state index contributed by atoms with van der Waals surface area (Å²) in [5.74, 6) is 0.122. The SMILES string of the molecule is CC(=O)N1CCc2c(c(-c3cccc(C(=O)Cc4ccc(-n5ccnc5)cc4)c3)nn2C2CCOC2)C1. The number of fused-ring (bicyclic) bond motifs is 1. The van der Waals surface area contributed by atoms with Gasteiger partial charge >= 0.3 is 0 Å². The molecule has 0 saturated carbocycles. The smallest absolute Gasteiger partial charge is 0.219 e. The summed E-state index contributed by atoms with van der Waals surface area (Å²) in [5.41, 5.74) is 6.63. The second kappa shape index (κ2) is 9.78. The number of hydrogen-bond donors (Lipinski definition) is 0. The molecule has 0 radical (unpaired) electrons. The van der Waals surface area contributed by atoms with Gasteiger partial charge in [0, 0.05) is 79.9 Å². The average molecular weight is 496 g/mol. The fraction of sp³-hybridized carbons (Fsp3) is 0.310. The number of imidazole rings is 1. The van der Waals surface area contributed by atoms with E-state index in [0.29, 0.717) is 31.7 Å². The Kier molecular flexibility index (Phi) is 6.18. The van der Waals surface area contributed by atoms with Crippen LogP contribution >= 0.6 is 0 Å². The number of benzene rings is 2. The maximum Gasteiger partial charge on any atom is 0.219 e. The van der Waals surface area contributed by atoms with Crippen molar-refractivity contribution in [3.05, 3.63) is 89.6 Å². The van der Waals surface area contributed by atoms with Crippen LogP contribution in [0, 0.1) is 0 Å². The van der Waals surface area contributed by atoms with Crippen molar-refractivity contribution in [3.63, 3.8) is 0 Å². The number of aromatic nitrogens is 4. The first-order valence-electron chi connectivity index (χ1n) is 12.7. The molecule has 0 bridgehead atoms. The standard InChI is InChI=1S/C29H29N5O3/c1-20(35)32-12-9-27-26(17-32)29(31-34(27)25-10-14-37-18-25)23-4-2-3-22(16-23)28(36)15-21-5-7-24(8-6-21)33-13-11-30-19-33/h2-8,11,13,16,19,25H,9-10,12,14-15,17-18H2,1H3. The summed E-state index contributed by atoms with van der Waals surface area (Å²) < 4.78 is 9.68. The fourth-order valence-corrected chi connectivity index (χ4v) is 5.29. The molecule has 1 amide bonds. The number of carbonyl (C=O) groups excluding carboxylic acids is 2. The molecule has 6 rings (SSSR count). The number of carbonyl (C=O) groups is 2. The first kappa shape index (κ1) is 23.4. The average Bonchev–Trinajstić information content (AvgIpc) is 3.70. The molecule has 4 heterocycles. The van der Waals surface area contributed by atoms with Crippen LogP contribution in [-0.2, 0) is 28.9 Å². The predicted octanol–water partition coefficient (Wildman–Crippen LogP) is 4.03. The Hall–Kier alpha value is -4.04. The van der Waals surface area contributed by atoms with Crippen molar-refractivity contribution in [2.45, 2.75) is 38.8 Å². The molecule has 8 heteroatoms. The highest BCUT2D eigenvalue weighted by molar-refractivity contribution is 5.98. The van der Waals surface area contributed by atoms with E-state index in [1.54, 1.807) is 19.4 Å². The first-order chi connectivity index (χ1) is 18.1. The molecule has 1 unspecified atom stereocenters. The van der Waals surface area contributed by atoms with Gasteiger partial charge in [0.25, 0.3) is 0 Å². The molecule has 1 fully saturated rings. The Bertz CT molecular complexity index is 1430. The van der Waals surface area contributed by atoms with Crippen molar-refractivity contribution < 1.29 is 14.3 Å². The molecule has 1 saturated heterocycles. The topological polar surface area (TPSA) is 82.3 Å². The van der Waals surface area contributed by atoms with Gasteiger partial charge in [-0.15, -0.1) is 0 Å². The fourth-order valence-electron chi connectivity index (χ4n) is 5.29. The normalized spacial score (nSPS) is 17.1. The summed E-state index contributed by atoms with van der Waals surface area (Å²) in [6.45, 7) is 4.24. The van der Waals surface area contributed by atoms with Gasteiger partial charge in [0.1, 0.15) is 0 Å². The molecule has 2 aliphatic heterocycles. The highest BCUT2D eigenvalue weighted by Gasteiger charge is 2.30. The van der Waals surface area contributed by atoms with Crippen LogP contribution in [0.1, 0.15) is 46.6 Å². The summed E-state index contributed by atoms with van der Waals surface area (Å²) in [4.78, 5) is 31.3. The second-order valence-electron chi connectivity index (χ2n) is 9.74.